The molecule has 0 atom stereocenters. The third-order valence-electron chi connectivity index (χ3n) is 3.97. The van der Waals surface area contributed by atoms with Gasteiger partial charge < -0.3 is 9.72 Å². The minimum absolute atomic E-state index is 0.211. The van der Waals surface area contributed by atoms with E-state index in [0.717, 1.165) is 22.0 Å². The molecule has 0 aliphatic heterocycles. The Morgan fingerprint density at radius 1 is 0.800 bits per heavy atom. The lowest BCUT2D eigenvalue weighted by molar-refractivity contribution is 0.487. The van der Waals surface area contributed by atoms with Crippen LogP contribution in [-0.4, -0.2) is 4.98 Å². The van der Waals surface area contributed by atoms with Crippen molar-refractivity contribution < 1.29 is 9.13 Å². The van der Waals surface area contributed by atoms with Gasteiger partial charge in [0.05, 0.1) is 5.52 Å². The van der Waals surface area contributed by atoms with E-state index in [1.54, 1.807) is 12.1 Å². The number of halogens is 1. The number of hydrogen-bond acceptors (Lipinski definition) is 2. The maximum absolute atomic E-state index is 13.0. The Labute approximate surface area is 143 Å². The minimum Gasteiger partial charge on any atom is -0.456 e. The van der Waals surface area contributed by atoms with E-state index in [9.17, 15) is 9.18 Å². The Morgan fingerprint density at radius 2 is 1.44 bits per heavy atom. The predicted octanol–water partition coefficient (Wildman–Crippen LogP) is 5.13. The van der Waals surface area contributed by atoms with E-state index in [1.165, 1.54) is 18.2 Å². The summed E-state index contributed by atoms with van der Waals surface area (Å²) < 4.78 is 18.9. The molecular formula is C21H14FNO2. The van der Waals surface area contributed by atoms with Crippen LogP contribution in [0.3, 0.4) is 0 Å². The van der Waals surface area contributed by atoms with Crippen molar-refractivity contribution >= 4 is 10.9 Å². The standard InChI is InChI=1S/C21H14FNO2/c22-16-9-5-14(6-10-16)15-7-11-17(12-8-15)25-20-13-21(24)23-19-4-2-1-3-18(19)20/h1-13H,(H,23,24). The molecule has 0 radical (unpaired) electrons. The lowest BCUT2D eigenvalue weighted by Gasteiger charge is -2.09. The SMILES string of the molecule is O=c1cc(Oc2ccc(-c3ccc(F)cc3)cc2)c2ccccc2[nH]1. The van der Waals surface area contributed by atoms with Gasteiger partial charge in [-0.15, -0.1) is 0 Å². The third kappa shape index (κ3) is 3.15. The third-order valence-corrected chi connectivity index (χ3v) is 3.97. The van der Waals surface area contributed by atoms with Gasteiger partial charge >= 0.3 is 0 Å². The maximum atomic E-state index is 13.0. The Morgan fingerprint density at radius 3 is 2.16 bits per heavy atom. The molecule has 0 aliphatic carbocycles. The highest BCUT2D eigenvalue weighted by Gasteiger charge is 2.06. The van der Waals surface area contributed by atoms with E-state index >= 15 is 0 Å². The average Bonchev–Trinajstić information content (AvgIpc) is 2.63. The van der Waals surface area contributed by atoms with E-state index in [-0.39, 0.29) is 11.4 Å². The molecule has 0 unspecified atom stereocenters. The highest BCUT2D eigenvalue weighted by Crippen LogP contribution is 2.29. The first-order valence-corrected chi connectivity index (χ1v) is 7.85. The van der Waals surface area contributed by atoms with Gasteiger partial charge in [-0.3, -0.25) is 4.79 Å². The molecule has 0 saturated carbocycles. The summed E-state index contributed by atoms with van der Waals surface area (Å²) in [4.78, 5) is 14.6. The second-order valence-corrected chi connectivity index (χ2v) is 5.68. The lowest BCUT2D eigenvalue weighted by atomic mass is 10.1. The fourth-order valence-corrected chi connectivity index (χ4v) is 2.74. The van der Waals surface area contributed by atoms with Crippen LogP contribution in [0.1, 0.15) is 0 Å². The number of H-pyrrole nitrogens is 1. The first-order valence-electron chi connectivity index (χ1n) is 7.85. The molecule has 25 heavy (non-hydrogen) atoms. The normalized spacial score (nSPS) is 10.8. The molecule has 1 N–H and O–H groups in total. The number of para-hydroxylation sites is 1. The molecular weight excluding hydrogens is 317 g/mol. The van der Waals surface area contributed by atoms with Gasteiger partial charge in [0.25, 0.3) is 5.56 Å². The number of aromatic nitrogens is 1. The molecule has 0 aliphatic rings. The molecule has 0 spiro atoms. The molecule has 4 heteroatoms. The molecule has 4 aromatic rings. The number of aromatic amines is 1. The van der Waals surface area contributed by atoms with E-state index in [2.05, 4.69) is 4.98 Å². The van der Waals surface area contributed by atoms with Crippen molar-refractivity contribution in [3.05, 3.63) is 95.0 Å². The monoisotopic (exact) mass is 331 g/mol. The first-order chi connectivity index (χ1) is 12.2. The molecule has 122 valence electrons. The second kappa shape index (κ2) is 6.24. The number of ether oxygens (including phenoxy) is 1. The van der Waals surface area contributed by atoms with Gasteiger partial charge in [0.15, 0.2) is 0 Å². The van der Waals surface area contributed by atoms with E-state index in [4.69, 9.17) is 4.74 Å². The summed E-state index contributed by atoms with van der Waals surface area (Å²) in [5.41, 5.74) is 2.40. The van der Waals surface area contributed by atoms with Crippen molar-refractivity contribution in [1.82, 2.24) is 4.98 Å². The van der Waals surface area contributed by atoms with Crippen LogP contribution < -0.4 is 10.3 Å². The zero-order valence-corrected chi connectivity index (χ0v) is 13.2. The van der Waals surface area contributed by atoms with Gasteiger partial charge in [-0.2, -0.15) is 0 Å². The number of benzene rings is 3. The molecule has 0 bridgehead atoms. The lowest BCUT2D eigenvalue weighted by Crippen LogP contribution is -2.04. The number of pyridine rings is 1. The molecule has 4 rings (SSSR count). The first kappa shape index (κ1) is 15.1. The average molecular weight is 331 g/mol. The van der Waals surface area contributed by atoms with Crippen molar-refractivity contribution in [3.8, 4) is 22.6 Å². The second-order valence-electron chi connectivity index (χ2n) is 5.68. The predicted molar refractivity (Wildman–Crippen MR) is 96.5 cm³/mol. The van der Waals surface area contributed by atoms with E-state index in [0.29, 0.717) is 11.5 Å². The summed E-state index contributed by atoms with van der Waals surface area (Å²) >= 11 is 0. The number of nitrogens with one attached hydrogen (secondary N) is 1. The Kier molecular flexibility index (Phi) is 3.78. The number of fused-ring (bicyclic) bond motifs is 1. The molecule has 0 fully saturated rings. The van der Waals surface area contributed by atoms with Crippen LogP contribution in [0.5, 0.6) is 11.5 Å². The Hall–Kier alpha value is -3.40. The highest BCUT2D eigenvalue weighted by molar-refractivity contribution is 5.84. The summed E-state index contributed by atoms with van der Waals surface area (Å²) in [6, 6.07) is 22.7. The summed E-state index contributed by atoms with van der Waals surface area (Å²) in [5.74, 6) is 0.875. The van der Waals surface area contributed by atoms with Crippen LogP contribution in [-0.2, 0) is 0 Å². The van der Waals surface area contributed by atoms with Crippen LogP contribution in [0.2, 0.25) is 0 Å². The van der Waals surface area contributed by atoms with Crippen molar-refractivity contribution in [1.29, 1.82) is 0 Å². The molecule has 1 heterocycles. The fraction of sp³-hybridized carbons (Fsp3) is 0. The van der Waals surface area contributed by atoms with Gasteiger partial charge in [0, 0.05) is 11.5 Å². The fourth-order valence-electron chi connectivity index (χ4n) is 2.74. The van der Waals surface area contributed by atoms with Crippen LogP contribution >= 0.6 is 0 Å². The molecule has 0 saturated heterocycles. The largest absolute Gasteiger partial charge is 0.456 e. The van der Waals surface area contributed by atoms with Crippen LogP contribution in [0.25, 0.3) is 22.0 Å². The zero-order valence-electron chi connectivity index (χ0n) is 13.2. The molecule has 0 amide bonds. The summed E-state index contributed by atoms with van der Waals surface area (Å²) in [7, 11) is 0. The van der Waals surface area contributed by atoms with Gasteiger partial charge in [-0.25, -0.2) is 4.39 Å². The topological polar surface area (TPSA) is 42.1 Å². The van der Waals surface area contributed by atoms with Gasteiger partial charge in [-0.05, 0) is 47.5 Å². The maximum Gasteiger partial charge on any atom is 0.252 e. The van der Waals surface area contributed by atoms with Gasteiger partial charge in [0.1, 0.15) is 17.3 Å². The zero-order chi connectivity index (χ0) is 17.2. The van der Waals surface area contributed by atoms with Crippen LogP contribution in [0.4, 0.5) is 4.39 Å². The Bertz CT molecular complexity index is 1080. The quantitative estimate of drug-likeness (QED) is 0.566. The van der Waals surface area contributed by atoms with Gasteiger partial charge in [-0.1, -0.05) is 36.4 Å². The summed E-state index contributed by atoms with van der Waals surface area (Å²) in [6.07, 6.45) is 0. The highest BCUT2D eigenvalue weighted by atomic mass is 19.1. The smallest absolute Gasteiger partial charge is 0.252 e. The molecule has 3 nitrogen and oxygen atoms in total. The van der Waals surface area contributed by atoms with Crippen molar-refractivity contribution in [3.63, 3.8) is 0 Å². The summed E-state index contributed by atoms with van der Waals surface area (Å²) in [6.45, 7) is 0. The molecule has 3 aromatic carbocycles. The van der Waals surface area contributed by atoms with Crippen molar-refractivity contribution in [2.24, 2.45) is 0 Å². The van der Waals surface area contributed by atoms with Crippen LogP contribution in [0.15, 0.2) is 83.7 Å². The Balaban J connectivity index is 1.66. The van der Waals surface area contributed by atoms with Gasteiger partial charge in [0.2, 0.25) is 0 Å². The molecule has 1 aromatic heterocycles. The summed E-state index contributed by atoms with van der Waals surface area (Å²) in [5, 5.41) is 0.838. The van der Waals surface area contributed by atoms with E-state index < -0.39 is 0 Å². The van der Waals surface area contributed by atoms with Crippen LogP contribution in [0, 0.1) is 5.82 Å². The van der Waals surface area contributed by atoms with Crippen molar-refractivity contribution in [2.75, 3.05) is 0 Å². The van der Waals surface area contributed by atoms with E-state index in [1.807, 2.05) is 48.5 Å². The minimum atomic E-state index is -0.259. The number of rotatable bonds is 3. The van der Waals surface area contributed by atoms with Crippen molar-refractivity contribution in [2.45, 2.75) is 0 Å². The number of hydrogen-bond donors (Lipinski definition) is 1.